The van der Waals surface area contributed by atoms with Crippen molar-refractivity contribution in [2.24, 2.45) is 0 Å². The largest absolute Gasteiger partial charge is 0.0584 e. The first-order valence-corrected chi connectivity index (χ1v) is 9.46. The third-order valence-electron chi connectivity index (χ3n) is 4.95. The van der Waals surface area contributed by atoms with Crippen molar-refractivity contribution < 1.29 is 0 Å². The van der Waals surface area contributed by atoms with Crippen molar-refractivity contribution in [3.05, 3.63) is 57.6 Å². The summed E-state index contributed by atoms with van der Waals surface area (Å²) in [5.74, 6) is 0. The van der Waals surface area contributed by atoms with Crippen LogP contribution in [-0.4, -0.2) is 0 Å². The summed E-state index contributed by atoms with van der Waals surface area (Å²) in [5.41, 5.74) is 4.38. The summed E-state index contributed by atoms with van der Waals surface area (Å²) in [6.45, 7) is 16.0. The molecule has 24 heavy (non-hydrogen) atoms. The van der Waals surface area contributed by atoms with E-state index in [0.717, 1.165) is 0 Å². The average Bonchev–Trinajstić information content (AvgIpc) is 2.45. The zero-order valence-electron chi connectivity index (χ0n) is 15.8. The second kappa shape index (κ2) is 5.59. The van der Waals surface area contributed by atoms with Crippen molar-refractivity contribution in [2.75, 3.05) is 0 Å². The summed E-state index contributed by atoms with van der Waals surface area (Å²) in [5, 5.41) is 5.44. The lowest BCUT2D eigenvalue weighted by atomic mass is 9.80. The van der Waals surface area contributed by atoms with E-state index in [1.807, 2.05) is 0 Å². The molecule has 0 aliphatic carbocycles. The molecule has 0 spiro atoms. The van der Waals surface area contributed by atoms with Gasteiger partial charge in [0.1, 0.15) is 0 Å². The number of fused-ring (bicyclic) bond motifs is 3. The third kappa shape index (κ3) is 2.88. The monoisotopic (exact) mass is 382 g/mol. The number of rotatable bonds is 0. The number of halogens is 1. The Morgan fingerprint density at radius 1 is 0.708 bits per heavy atom. The number of benzene rings is 3. The highest BCUT2D eigenvalue weighted by atomic mass is 79.9. The molecule has 3 aromatic rings. The van der Waals surface area contributed by atoms with Gasteiger partial charge in [-0.05, 0) is 68.1 Å². The van der Waals surface area contributed by atoms with Gasteiger partial charge in [0, 0.05) is 4.47 Å². The molecule has 0 amide bonds. The van der Waals surface area contributed by atoms with E-state index >= 15 is 0 Å². The molecule has 0 nitrogen and oxygen atoms in total. The molecule has 0 aliphatic rings. The summed E-state index contributed by atoms with van der Waals surface area (Å²) in [7, 11) is 0. The predicted octanol–water partition coefficient (Wildman–Crippen LogP) is 7.66. The van der Waals surface area contributed by atoms with Crippen LogP contribution in [0.25, 0.3) is 21.5 Å². The molecule has 3 aromatic carbocycles. The van der Waals surface area contributed by atoms with E-state index in [4.69, 9.17) is 0 Å². The molecule has 0 unspecified atom stereocenters. The lowest BCUT2D eigenvalue weighted by molar-refractivity contribution is 0.590. The smallest absolute Gasteiger partial charge is 0.0256 e. The van der Waals surface area contributed by atoms with Crippen LogP contribution in [-0.2, 0) is 10.8 Å². The van der Waals surface area contributed by atoms with Gasteiger partial charge in [-0.1, -0.05) is 81.7 Å². The van der Waals surface area contributed by atoms with Crippen molar-refractivity contribution in [1.29, 1.82) is 0 Å². The van der Waals surface area contributed by atoms with Gasteiger partial charge >= 0.3 is 0 Å². The highest BCUT2D eigenvalue weighted by Crippen LogP contribution is 2.40. The molecule has 0 bridgehead atoms. The molecular weight excluding hydrogens is 356 g/mol. The van der Waals surface area contributed by atoms with Gasteiger partial charge in [0.2, 0.25) is 0 Å². The van der Waals surface area contributed by atoms with E-state index < -0.39 is 0 Å². The van der Waals surface area contributed by atoms with Crippen molar-refractivity contribution >= 4 is 37.5 Å². The number of aryl methyl sites for hydroxylation is 1. The topological polar surface area (TPSA) is 0 Å². The fourth-order valence-electron chi connectivity index (χ4n) is 3.45. The lowest BCUT2D eigenvalue weighted by Gasteiger charge is -2.25. The summed E-state index contributed by atoms with van der Waals surface area (Å²) in [6.07, 6.45) is 0. The van der Waals surface area contributed by atoms with Crippen LogP contribution in [0.1, 0.15) is 58.2 Å². The Balaban J connectivity index is 2.58. The van der Waals surface area contributed by atoms with Crippen LogP contribution in [0.2, 0.25) is 0 Å². The number of hydrogen-bond donors (Lipinski definition) is 0. The Hall–Kier alpha value is -1.34. The summed E-state index contributed by atoms with van der Waals surface area (Å²) in [4.78, 5) is 0. The Morgan fingerprint density at radius 2 is 1.33 bits per heavy atom. The van der Waals surface area contributed by atoms with Crippen LogP contribution >= 0.6 is 15.9 Å². The Morgan fingerprint density at radius 3 is 1.92 bits per heavy atom. The molecule has 0 atom stereocenters. The van der Waals surface area contributed by atoms with Gasteiger partial charge in [-0.25, -0.2) is 0 Å². The SMILES string of the molecule is Cc1ccc(C(C)(C)C)c2c1ccc1c(Br)cc(C(C)(C)C)cc12. The zero-order valence-corrected chi connectivity index (χ0v) is 17.4. The third-order valence-corrected chi connectivity index (χ3v) is 5.61. The average molecular weight is 383 g/mol. The molecule has 0 radical (unpaired) electrons. The van der Waals surface area contributed by atoms with Gasteiger partial charge in [-0.2, -0.15) is 0 Å². The van der Waals surface area contributed by atoms with Crippen molar-refractivity contribution in [2.45, 2.75) is 59.3 Å². The molecule has 0 heterocycles. The highest BCUT2D eigenvalue weighted by Gasteiger charge is 2.21. The van der Waals surface area contributed by atoms with Crippen molar-refractivity contribution in [1.82, 2.24) is 0 Å². The summed E-state index contributed by atoms with van der Waals surface area (Å²) < 4.78 is 1.19. The standard InChI is InChI=1S/C23H27Br/c1-14-8-11-19(23(5,6)7)21-16(14)9-10-17-18(21)12-15(13-20(17)24)22(2,3)4/h8-13H,1-7H3. The van der Waals surface area contributed by atoms with Crippen LogP contribution in [0.4, 0.5) is 0 Å². The van der Waals surface area contributed by atoms with Crippen LogP contribution in [0.15, 0.2) is 40.9 Å². The molecule has 0 aromatic heterocycles. The van der Waals surface area contributed by atoms with E-state index in [1.54, 1.807) is 0 Å². The molecule has 0 saturated carbocycles. The first-order valence-electron chi connectivity index (χ1n) is 8.67. The lowest BCUT2D eigenvalue weighted by Crippen LogP contribution is -2.13. The minimum absolute atomic E-state index is 0.116. The van der Waals surface area contributed by atoms with Gasteiger partial charge in [-0.3, -0.25) is 0 Å². The van der Waals surface area contributed by atoms with Gasteiger partial charge in [0.25, 0.3) is 0 Å². The van der Waals surface area contributed by atoms with Gasteiger partial charge < -0.3 is 0 Å². The highest BCUT2D eigenvalue weighted by molar-refractivity contribution is 9.10. The van der Waals surface area contributed by atoms with Crippen molar-refractivity contribution in [3.8, 4) is 0 Å². The molecule has 0 saturated heterocycles. The Labute approximate surface area is 154 Å². The van der Waals surface area contributed by atoms with Gasteiger partial charge in [0.15, 0.2) is 0 Å². The van der Waals surface area contributed by atoms with Crippen LogP contribution < -0.4 is 0 Å². The molecule has 1 heteroatoms. The minimum Gasteiger partial charge on any atom is -0.0584 e. The van der Waals surface area contributed by atoms with Gasteiger partial charge in [-0.15, -0.1) is 0 Å². The molecule has 0 N–H and O–H groups in total. The minimum atomic E-state index is 0.116. The normalized spacial score (nSPS) is 13.0. The Bertz CT molecular complexity index is 934. The summed E-state index contributed by atoms with van der Waals surface area (Å²) in [6, 6.07) is 13.8. The van der Waals surface area contributed by atoms with E-state index in [-0.39, 0.29) is 10.8 Å². The maximum Gasteiger partial charge on any atom is 0.0256 e. The molecule has 3 rings (SSSR count). The van der Waals surface area contributed by atoms with E-state index in [0.29, 0.717) is 0 Å². The van der Waals surface area contributed by atoms with Gasteiger partial charge in [0.05, 0.1) is 0 Å². The van der Waals surface area contributed by atoms with Crippen LogP contribution in [0.3, 0.4) is 0 Å². The first-order chi connectivity index (χ1) is 11.0. The fraction of sp³-hybridized carbons (Fsp3) is 0.391. The zero-order chi connectivity index (χ0) is 17.9. The molecule has 0 aliphatic heterocycles. The number of hydrogen-bond acceptors (Lipinski definition) is 0. The van der Waals surface area contributed by atoms with Crippen LogP contribution in [0.5, 0.6) is 0 Å². The van der Waals surface area contributed by atoms with Crippen LogP contribution in [0, 0.1) is 6.92 Å². The Kier molecular flexibility index (Phi) is 4.07. The maximum absolute atomic E-state index is 3.82. The first kappa shape index (κ1) is 17.5. The van der Waals surface area contributed by atoms with E-state index in [9.17, 15) is 0 Å². The predicted molar refractivity (Wildman–Crippen MR) is 111 cm³/mol. The molecule has 0 fully saturated rings. The second-order valence-corrected chi connectivity index (χ2v) is 9.83. The van der Waals surface area contributed by atoms with Crippen molar-refractivity contribution in [3.63, 3.8) is 0 Å². The quantitative estimate of drug-likeness (QED) is 0.350. The second-order valence-electron chi connectivity index (χ2n) is 8.97. The van der Waals surface area contributed by atoms with E-state index in [1.165, 1.54) is 42.7 Å². The maximum atomic E-state index is 3.82. The van der Waals surface area contributed by atoms with E-state index in [2.05, 4.69) is 101 Å². The molecular formula is C23H27Br. The summed E-state index contributed by atoms with van der Waals surface area (Å²) >= 11 is 3.82. The fourth-order valence-corrected chi connectivity index (χ4v) is 4.04. The molecule has 126 valence electrons.